The van der Waals surface area contributed by atoms with Crippen molar-refractivity contribution in [2.24, 2.45) is 0 Å². The van der Waals surface area contributed by atoms with Gasteiger partial charge in [0, 0.05) is 17.1 Å². The zero-order valence-electron chi connectivity index (χ0n) is 9.71. The summed E-state index contributed by atoms with van der Waals surface area (Å²) >= 11 is 0. The van der Waals surface area contributed by atoms with Crippen LogP contribution in [0, 0.1) is 11.8 Å². The van der Waals surface area contributed by atoms with Crippen molar-refractivity contribution < 1.29 is 4.79 Å². The predicted molar refractivity (Wildman–Crippen MR) is 68.5 cm³/mol. The van der Waals surface area contributed by atoms with Crippen molar-refractivity contribution in [3.05, 3.63) is 36.0 Å². The second-order valence-corrected chi connectivity index (χ2v) is 3.74. The summed E-state index contributed by atoms with van der Waals surface area (Å²) < 4.78 is 0. The third kappa shape index (κ3) is 2.67. The third-order valence-corrected chi connectivity index (χ3v) is 2.58. The summed E-state index contributed by atoms with van der Waals surface area (Å²) in [6.07, 6.45) is 2.27. The molecule has 0 aliphatic carbocycles. The van der Waals surface area contributed by atoms with Crippen molar-refractivity contribution in [1.29, 1.82) is 0 Å². The SMILES string of the molecule is CC#CCNC(=O)Cc1c[nH]c2ccccc12. The molecule has 0 radical (unpaired) electrons. The first-order chi connectivity index (χ1) is 8.31. The van der Waals surface area contributed by atoms with E-state index >= 15 is 0 Å². The van der Waals surface area contributed by atoms with Crippen LogP contribution in [0.2, 0.25) is 0 Å². The number of fused-ring (bicyclic) bond motifs is 1. The number of amides is 1. The summed E-state index contributed by atoms with van der Waals surface area (Å²) in [6, 6.07) is 7.96. The fourth-order valence-electron chi connectivity index (χ4n) is 1.74. The van der Waals surface area contributed by atoms with Crippen LogP contribution in [-0.4, -0.2) is 17.4 Å². The molecule has 17 heavy (non-hydrogen) atoms. The fourth-order valence-corrected chi connectivity index (χ4v) is 1.74. The third-order valence-electron chi connectivity index (χ3n) is 2.58. The minimum Gasteiger partial charge on any atom is -0.361 e. The molecular weight excluding hydrogens is 212 g/mol. The monoisotopic (exact) mass is 226 g/mol. The van der Waals surface area contributed by atoms with Gasteiger partial charge in [-0.2, -0.15) is 0 Å². The minimum absolute atomic E-state index is 0.00231. The van der Waals surface area contributed by atoms with Crippen molar-refractivity contribution in [3.63, 3.8) is 0 Å². The average molecular weight is 226 g/mol. The van der Waals surface area contributed by atoms with E-state index in [2.05, 4.69) is 22.1 Å². The Bertz CT molecular complexity index is 587. The molecule has 0 aliphatic heterocycles. The summed E-state index contributed by atoms with van der Waals surface area (Å²) in [6.45, 7) is 2.17. The van der Waals surface area contributed by atoms with Crippen LogP contribution in [0.1, 0.15) is 12.5 Å². The molecule has 1 aromatic carbocycles. The molecule has 0 spiro atoms. The molecule has 3 heteroatoms. The predicted octanol–water partition coefficient (Wildman–Crippen LogP) is 1.85. The molecule has 0 fully saturated rings. The maximum Gasteiger partial charge on any atom is 0.225 e. The number of aromatic nitrogens is 1. The molecule has 2 rings (SSSR count). The number of rotatable bonds is 3. The van der Waals surface area contributed by atoms with Gasteiger partial charge in [-0.15, -0.1) is 5.92 Å². The maximum atomic E-state index is 11.6. The Kier molecular flexibility index (Phi) is 3.46. The fraction of sp³-hybridized carbons (Fsp3) is 0.214. The average Bonchev–Trinajstić information content (AvgIpc) is 2.73. The molecule has 0 unspecified atom stereocenters. The summed E-state index contributed by atoms with van der Waals surface area (Å²) in [7, 11) is 0. The molecule has 1 heterocycles. The van der Waals surface area contributed by atoms with Crippen molar-refractivity contribution >= 4 is 16.8 Å². The van der Waals surface area contributed by atoms with E-state index in [0.29, 0.717) is 13.0 Å². The largest absolute Gasteiger partial charge is 0.361 e. The molecule has 3 nitrogen and oxygen atoms in total. The first-order valence-corrected chi connectivity index (χ1v) is 5.52. The number of carbonyl (C=O) groups excluding carboxylic acids is 1. The molecule has 86 valence electrons. The molecule has 1 amide bonds. The lowest BCUT2D eigenvalue weighted by Gasteiger charge is -2.00. The number of hydrogen-bond donors (Lipinski definition) is 2. The second-order valence-electron chi connectivity index (χ2n) is 3.74. The van der Waals surface area contributed by atoms with E-state index in [0.717, 1.165) is 16.5 Å². The van der Waals surface area contributed by atoms with Crippen LogP contribution in [0.15, 0.2) is 30.5 Å². The molecule has 0 aliphatic rings. The van der Waals surface area contributed by atoms with Crippen LogP contribution < -0.4 is 5.32 Å². The van der Waals surface area contributed by atoms with E-state index < -0.39 is 0 Å². The second kappa shape index (κ2) is 5.22. The summed E-state index contributed by atoms with van der Waals surface area (Å²) in [5.41, 5.74) is 2.08. The number of aromatic amines is 1. The first kappa shape index (κ1) is 11.3. The van der Waals surface area contributed by atoms with Gasteiger partial charge >= 0.3 is 0 Å². The maximum absolute atomic E-state index is 11.6. The van der Waals surface area contributed by atoms with Gasteiger partial charge in [-0.25, -0.2) is 0 Å². The smallest absolute Gasteiger partial charge is 0.225 e. The standard InChI is InChI=1S/C14H14N2O/c1-2-3-8-15-14(17)9-11-10-16-13-7-5-4-6-12(11)13/h4-7,10,16H,8-9H2,1H3,(H,15,17). The highest BCUT2D eigenvalue weighted by molar-refractivity contribution is 5.88. The molecule has 2 N–H and O–H groups in total. The Morgan fingerprint density at radius 3 is 3.06 bits per heavy atom. The van der Waals surface area contributed by atoms with Crippen LogP contribution in [0.4, 0.5) is 0 Å². The topological polar surface area (TPSA) is 44.9 Å². The van der Waals surface area contributed by atoms with Gasteiger partial charge in [0.25, 0.3) is 0 Å². The summed E-state index contributed by atoms with van der Waals surface area (Å²) in [5, 5.41) is 3.86. The van der Waals surface area contributed by atoms with Gasteiger partial charge in [-0.05, 0) is 18.6 Å². The molecule has 2 aromatic rings. The van der Waals surface area contributed by atoms with Crippen LogP contribution in [-0.2, 0) is 11.2 Å². The Hall–Kier alpha value is -2.21. The number of hydrogen-bond acceptors (Lipinski definition) is 1. The lowest BCUT2D eigenvalue weighted by molar-refractivity contribution is -0.120. The highest BCUT2D eigenvalue weighted by Crippen LogP contribution is 2.17. The van der Waals surface area contributed by atoms with E-state index in [9.17, 15) is 4.79 Å². The quantitative estimate of drug-likeness (QED) is 0.771. The van der Waals surface area contributed by atoms with Crippen molar-refractivity contribution in [1.82, 2.24) is 10.3 Å². The van der Waals surface area contributed by atoms with E-state index in [1.54, 1.807) is 6.92 Å². The molecule has 1 aromatic heterocycles. The van der Waals surface area contributed by atoms with Gasteiger partial charge in [0.1, 0.15) is 0 Å². The van der Waals surface area contributed by atoms with E-state index in [4.69, 9.17) is 0 Å². The number of benzene rings is 1. The van der Waals surface area contributed by atoms with Crippen LogP contribution in [0.25, 0.3) is 10.9 Å². The summed E-state index contributed by atoms with van der Waals surface area (Å²) in [4.78, 5) is 14.8. The van der Waals surface area contributed by atoms with Crippen molar-refractivity contribution in [3.8, 4) is 11.8 Å². The number of para-hydroxylation sites is 1. The van der Waals surface area contributed by atoms with Gasteiger partial charge in [0.2, 0.25) is 5.91 Å². The van der Waals surface area contributed by atoms with Gasteiger partial charge in [0.05, 0.1) is 13.0 Å². The van der Waals surface area contributed by atoms with Crippen molar-refractivity contribution in [2.45, 2.75) is 13.3 Å². The van der Waals surface area contributed by atoms with Gasteiger partial charge in [-0.1, -0.05) is 24.1 Å². The van der Waals surface area contributed by atoms with Gasteiger partial charge in [-0.3, -0.25) is 4.79 Å². The molecule has 0 saturated heterocycles. The normalized spacial score (nSPS) is 9.71. The number of nitrogens with one attached hydrogen (secondary N) is 2. The zero-order valence-corrected chi connectivity index (χ0v) is 9.71. The van der Waals surface area contributed by atoms with Crippen LogP contribution >= 0.6 is 0 Å². The minimum atomic E-state index is -0.00231. The van der Waals surface area contributed by atoms with Crippen molar-refractivity contribution in [2.75, 3.05) is 6.54 Å². The Morgan fingerprint density at radius 2 is 2.24 bits per heavy atom. The Morgan fingerprint density at radius 1 is 1.41 bits per heavy atom. The van der Waals surface area contributed by atoms with Gasteiger partial charge < -0.3 is 10.3 Å². The van der Waals surface area contributed by atoms with E-state index in [-0.39, 0.29) is 5.91 Å². The Balaban J connectivity index is 2.07. The van der Waals surface area contributed by atoms with Crippen LogP contribution in [0.3, 0.4) is 0 Å². The highest BCUT2D eigenvalue weighted by atomic mass is 16.1. The lowest BCUT2D eigenvalue weighted by atomic mass is 10.1. The molecular formula is C14H14N2O. The zero-order chi connectivity index (χ0) is 12.1. The molecule has 0 bridgehead atoms. The van der Waals surface area contributed by atoms with Gasteiger partial charge in [0.15, 0.2) is 0 Å². The number of carbonyl (C=O) groups is 1. The lowest BCUT2D eigenvalue weighted by Crippen LogP contribution is -2.25. The van der Waals surface area contributed by atoms with E-state index in [1.807, 2.05) is 30.5 Å². The van der Waals surface area contributed by atoms with Crippen LogP contribution in [0.5, 0.6) is 0 Å². The molecule has 0 saturated carbocycles. The number of H-pyrrole nitrogens is 1. The van der Waals surface area contributed by atoms with E-state index in [1.165, 1.54) is 0 Å². The highest BCUT2D eigenvalue weighted by Gasteiger charge is 2.07. The first-order valence-electron chi connectivity index (χ1n) is 5.52. The molecule has 0 atom stereocenters. The Labute approximate surface area is 100 Å². The summed E-state index contributed by atoms with van der Waals surface area (Å²) in [5.74, 6) is 5.54.